The summed E-state index contributed by atoms with van der Waals surface area (Å²) in [4.78, 5) is 11.0. The van der Waals surface area contributed by atoms with E-state index in [0.717, 1.165) is 5.69 Å². The van der Waals surface area contributed by atoms with Crippen molar-refractivity contribution in [1.29, 1.82) is 0 Å². The number of aryl methyl sites for hydroxylation is 1. The summed E-state index contributed by atoms with van der Waals surface area (Å²) in [7, 11) is 0. The molecule has 0 atom stereocenters. The van der Waals surface area contributed by atoms with Gasteiger partial charge in [-0.25, -0.2) is 4.79 Å². The fourth-order valence-corrected chi connectivity index (χ4v) is 1.62. The molecule has 0 heterocycles. The van der Waals surface area contributed by atoms with Gasteiger partial charge in [-0.05, 0) is 37.3 Å². The number of nitrogens with one attached hydrogen (secondary N) is 1. The van der Waals surface area contributed by atoms with E-state index in [1.165, 1.54) is 11.6 Å². The van der Waals surface area contributed by atoms with Gasteiger partial charge in [0.2, 0.25) is 0 Å². The average molecular weight is 242 g/mol. The van der Waals surface area contributed by atoms with Gasteiger partial charge in [0.05, 0.1) is 5.56 Å². The lowest BCUT2D eigenvalue weighted by Crippen LogP contribution is -2.03. The number of carboxylic acids is 1. The molecule has 0 aliphatic rings. The van der Waals surface area contributed by atoms with E-state index in [4.69, 9.17) is 10.8 Å². The Balaban J connectivity index is 2.27. The van der Waals surface area contributed by atoms with Crippen LogP contribution in [0.5, 0.6) is 0 Å². The Bertz CT molecular complexity index is 577. The number of rotatable bonds is 3. The third kappa shape index (κ3) is 2.60. The van der Waals surface area contributed by atoms with Crippen molar-refractivity contribution < 1.29 is 9.90 Å². The SMILES string of the molecule is Cc1ccc(Nc2ccc(N)c(C(=O)O)c2)cc1. The van der Waals surface area contributed by atoms with E-state index in [1.54, 1.807) is 12.1 Å². The molecule has 0 bridgehead atoms. The molecule has 18 heavy (non-hydrogen) atoms. The molecule has 0 spiro atoms. The Morgan fingerprint density at radius 3 is 2.33 bits per heavy atom. The smallest absolute Gasteiger partial charge is 0.337 e. The first-order valence-electron chi connectivity index (χ1n) is 5.53. The Morgan fingerprint density at radius 2 is 1.72 bits per heavy atom. The molecule has 0 radical (unpaired) electrons. The van der Waals surface area contributed by atoms with E-state index >= 15 is 0 Å². The summed E-state index contributed by atoms with van der Waals surface area (Å²) in [6, 6.07) is 12.7. The van der Waals surface area contributed by atoms with Crippen LogP contribution in [0.2, 0.25) is 0 Å². The highest BCUT2D eigenvalue weighted by Gasteiger charge is 2.08. The summed E-state index contributed by atoms with van der Waals surface area (Å²) >= 11 is 0. The highest BCUT2D eigenvalue weighted by Crippen LogP contribution is 2.21. The zero-order valence-corrected chi connectivity index (χ0v) is 9.97. The van der Waals surface area contributed by atoms with Crippen molar-refractivity contribution in [3.05, 3.63) is 53.6 Å². The molecule has 4 N–H and O–H groups in total. The molecule has 0 fully saturated rings. The second-order valence-electron chi connectivity index (χ2n) is 4.10. The van der Waals surface area contributed by atoms with E-state index in [2.05, 4.69) is 5.32 Å². The largest absolute Gasteiger partial charge is 0.478 e. The van der Waals surface area contributed by atoms with Crippen molar-refractivity contribution in [2.24, 2.45) is 0 Å². The van der Waals surface area contributed by atoms with Crippen molar-refractivity contribution in [2.75, 3.05) is 11.1 Å². The van der Waals surface area contributed by atoms with Gasteiger partial charge in [0.1, 0.15) is 0 Å². The minimum atomic E-state index is -1.03. The van der Waals surface area contributed by atoms with Gasteiger partial charge >= 0.3 is 5.97 Å². The van der Waals surface area contributed by atoms with Crippen LogP contribution in [0.25, 0.3) is 0 Å². The summed E-state index contributed by atoms with van der Waals surface area (Å²) in [6.45, 7) is 2.01. The second kappa shape index (κ2) is 4.79. The Morgan fingerprint density at radius 1 is 1.11 bits per heavy atom. The van der Waals surface area contributed by atoms with Crippen LogP contribution in [0.3, 0.4) is 0 Å². The Labute approximate surface area is 105 Å². The van der Waals surface area contributed by atoms with Gasteiger partial charge < -0.3 is 16.2 Å². The van der Waals surface area contributed by atoms with E-state index in [9.17, 15) is 4.79 Å². The fourth-order valence-electron chi connectivity index (χ4n) is 1.62. The van der Waals surface area contributed by atoms with Gasteiger partial charge in [-0.1, -0.05) is 17.7 Å². The summed E-state index contributed by atoms with van der Waals surface area (Å²) in [5.41, 5.74) is 8.73. The predicted octanol–water partition coefficient (Wildman–Crippen LogP) is 3.02. The number of nitrogens with two attached hydrogens (primary N) is 1. The van der Waals surface area contributed by atoms with Crippen LogP contribution < -0.4 is 11.1 Å². The highest BCUT2D eigenvalue weighted by molar-refractivity contribution is 5.95. The number of hydrogen-bond donors (Lipinski definition) is 3. The van der Waals surface area contributed by atoms with Crippen LogP contribution in [0.4, 0.5) is 17.1 Å². The van der Waals surface area contributed by atoms with Crippen LogP contribution in [-0.4, -0.2) is 11.1 Å². The van der Waals surface area contributed by atoms with Gasteiger partial charge in [0.25, 0.3) is 0 Å². The van der Waals surface area contributed by atoms with Crippen molar-refractivity contribution in [1.82, 2.24) is 0 Å². The minimum Gasteiger partial charge on any atom is -0.478 e. The number of carboxylic acid groups (broad SMARTS) is 1. The molecule has 92 valence electrons. The number of aromatic carboxylic acids is 1. The van der Waals surface area contributed by atoms with Crippen LogP contribution in [-0.2, 0) is 0 Å². The molecule has 2 rings (SSSR count). The second-order valence-corrected chi connectivity index (χ2v) is 4.10. The Hall–Kier alpha value is -2.49. The molecule has 2 aromatic carbocycles. The predicted molar refractivity (Wildman–Crippen MR) is 72.3 cm³/mol. The standard InChI is InChI=1S/C14H14N2O2/c1-9-2-4-10(5-3-9)16-11-6-7-13(15)12(8-11)14(17)18/h2-8,16H,15H2,1H3,(H,17,18). The molecule has 0 aromatic heterocycles. The molecule has 0 amide bonds. The molecular formula is C14H14N2O2. The summed E-state index contributed by atoms with van der Waals surface area (Å²) < 4.78 is 0. The van der Waals surface area contributed by atoms with Crippen molar-refractivity contribution in [2.45, 2.75) is 6.92 Å². The van der Waals surface area contributed by atoms with Crippen molar-refractivity contribution >= 4 is 23.0 Å². The van der Waals surface area contributed by atoms with Gasteiger partial charge in [0, 0.05) is 17.1 Å². The zero-order chi connectivity index (χ0) is 13.1. The molecule has 0 aliphatic carbocycles. The summed E-state index contributed by atoms with van der Waals surface area (Å²) in [6.07, 6.45) is 0. The Kier molecular flexibility index (Phi) is 3.19. The van der Waals surface area contributed by atoms with Gasteiger partial charge in [-0.15, -0.1) is 0 Å². The summed E-state index contributed by atoms with van der Waals surface area (Å²) in [5.74, 6) is -1.03. The molecule has 2 aromatic rings. The third-order valence-electron chi connectivity index (χ3n) is 2.62. The normalized spacial score (nSPS) is 10.1. The monoisotopic (exact) mass is 242 g/mol. The maximum Gasteiger partial charge on any atom is 0.337 e. The van der Waals surface area contributed by atoms with Crippen molar-refractivity contribution in [3.8, 4) is 0 Å². The molecule has 0 saturated carbocycles. The van der Waals surface area contributed by atoms with Gasteiger partial charge in [-0.3, -0.25) is 0 Å². The van der Waals surface area contributed by atoms with Crippen LogP contribution in [0, 0.1) is 6.92 Å². The van der Waals surface area contributed by atoms with Gasteiger partial charge in [-0.2, -0.15) is 0 Å². The van der Waals surface area contributed by atoms with Crippen LogP contribution >= 0.6 is 0 Å². The molecule has 4 heteroatoms. The van der Waals surface area contributed by atoms with E-state index in [1.807, 2.05) is 31.2 Å². The number of carbonyl (C=O) groups is 1. The molecule has 0 aliphatic heterocycles. The van der Waals surface area contributed by atoms with E-state index in [0.29, 0.717) is 5.69 Å². The minimum absolute atomic E-state index is 0.104. The first-order chi connectivity index (χ1) is 8.56. The first kappa shape index (κ1) is 12.0. The summed E-state index contributed by atoms with van der Waals surface area (Å²) in [5, 5.41) is 12.1. The first-order valence-corrected chi connectivity index (χ1v) is 5.53. The maximum absolute atomic E-state index is 11.0. The zero-order valence-electron chi connectivity index (χ0n) is 9.97. The number of benzene rings is 2. The van der Waals surface area contributed by atoms with Crippen molar-refractivity contribution in [3.63, 3.8) is 0 Å². The number of nitrogen functional groups attached to an aromatic ring is 1. The van der Waals surface area contributed by atoms with Crippen LogP contribution in [0.1, 0.15) is 15.9 Å². The molecule has 4 nitrogen and oxygen atoms in total. The fraction of sp³-hybridized carbons (Fsp3) is 0.0714. The van der Waals surface area contributed by atoms with E-state index in [-0.39, 0.29) is 11.3 Å². The van der Waals surface area contributed by atoms with Gasteiger partial charge in [0.15, 0.2) is 0 Å². The lowest BCUT2D eigenvalue weighted by Gasteiger charge is -2.09. The highest BCUT2D eigenvalue weighted by atomic mass is 16.4. The lowest BCUT2D eigenvalue weighted by atomic mass is 10.1. The quantitative estimate of drug-likeness (QED) is 0.723. The maximum atomic E-state index is 11.0. The molecular weight excluding hydrogens is 228 g/mol. The topological polar surface area (TPSA) is 75.3 Å². The lowest BCUT2D eigenvalue weighted by molar-refractivity contribution is 0.0698. The molecule has 0 unspecified atom stereocenters. The van der Waals surface area contributed by atoms with E-state index < -0.39 is 5.97 Å². The molecule has 0 saturated heterocycles. The number of anilines is 3. The average Bonchev–Trinajstić information content (AvgIpc) is 2.34. The number of hydrogen-bond acceptors (Lipinski definition) is 3. The van der Waals surface area contributed by atoms with Crippen LogP contribution in [0.15, 0.2) is 42.5 Å². The third-order valence-corrected chi connectivity index (χ3v) is 2.62.